The molecule has 0 aliphatic carbocycles. The second kappa shape index (κ2) is 119. The zero-order valence-corrected chi connectivity index (χ0v) is 50.1. The summed E-state index contributed by atoms with van der Waals surface area (Å²) in [5, 5.41) is 8.27. The molecule has 64 heavy (non-hydrogen) atoms. The summed E-state index contributed by atoms with van der Waals surface area (Å²) in [4.78, 5) is 10.0. The van der Waals surface area contributed by atoms with E-state index < -0.39 is 5.97 Å². The van der Waals surface area contributed by atoms with Crippen LogP contribution in [0.2, 0.25) is 0 Å². The van der Waals surface area contributed by atoms with Crippen molar-refractivity contribution < 1.29 is 9.90 Å². The standard InChI is InChI=1S/C8H16O2.9C6H14/c1-2-3-4-5-6-7-8(9)10;9*1-3-5-6-4-2/h2-7H2,1H3,(H,9,10);9*3-6H2,1-2H3. The summed E-state index contributed by atoms with van der Waals surface area (Å²) < 4.78 is 0. The lowest BCUT2D eigenvalue weighted by Crippen LogP contribution is -1.93. The number of carbonyl (C=O) groups is 1. The predicted octanol–water partition coefficient (Wildman–Crippen LogP) is 25.7. The van der Waals surface area contributed by atoms with Crippen molar-refractivity contribution in [3.05, 3.63) is 0 Å². The molecule has 0 aromatic heterocycles. The lowest BCUT2D eigenvalue weighted by atomic mass is 10.1. The van der Waals surface area contributed by atoms with Crippen LogP contribution in [0.4, 0.5) is 0 Å². The van der Waals surface area contributed by atoms with E-state index >= 15 is 0 Å². The Morgan fingerprint density at radius 1 is 0.188 bits per heavy atom. The van der Waals surface area contributed by atoms with Gasteiger partial charge in [0.25, 0.3) is 0 Å². The Bertz CT molecular complexity index is 395. The first-order chi connectivity index (χ1) is 31.0. The van der Waals surface area contributed by atoms with E-state index in [4.69, 9.17) is 5.11 Å². The van der Waals surface area contributed by atoms with E-state index in [0.717, 1.165) is 12.8 Å². The highest BCUT2D eigenvalue weighted by atomic mass is 16.4. The number of hydrogen-bond acceptors (Lipinski definition) is 1. The summed E-state index contributed by atoms with van der Waals surface area (Å²) in [5.41, 5.74) is 0. The van der Waals surface area contributed by atoms with Gasteiger partial charge in [-0.25, -0.2) is 0 Å². The van der Waals surface area contributed by atoms with Crippen molar-refractivity contribution in [2.24, 2.45) is 0 Å². The first-order valence-electron chi connectivity index (χ1n) is 30.2. The normalized spacial score (nSPS) is 9.11. The van der Waals surface area contributed by atoms with Crippen molar-refractivity contribution in [2.75, 3.05) is 0 Å². The monoisotopic (exact) mass is 919 g/mol. The van der Waals surface area contributed by atoms with Crippen LogP contribution in [0.25, 0.3) is 0 Å². The maximum absolute atomic E-state index is 10.0. The van der Waals surface area contributed by atoms with Gasteiger partial charge in [-0.1, -0.05) is 388 Å². The third-order valence-electron chi connectivity index (χ3n) is 10.1. The van der Waals surface area contributed by atoms with E-state index in [1.807, 2.05) is 0 Å². The van der Waals surface area contributed by atoms with Gasteiger partial charge in [-0.15, -0.1) is 0 Å². The minimum atomic E-state index is -0.670. The number of aliphatic carboxylic acids is 1. The molecule has 0 atom stereocenters. The van der Waals surface area contributed by atoms with Gasteiger partial charge in [0.1, 0.15) is 0 Å². The van der Waals surface area contributed by atoms with Crippen LogP contribution in [0.5, 0.6) is 0 Å². The topological polar surface area (TPSA) is 37.3 Å². The highest BCUT2D eigenvalue weighted by Crippen LogP contribution is 2.04. The van der Waals surface area contributed by atoms with Crippen LogP contribution in [0.3, 0.4) is 0 Å². The molecule has 1 N–H and O–H groups in total. The fourth-order valence-electron chi connectivity index (χ4n) is 5.38. The smallest absolute Gasteiger partial charge is 0.303 e. The summed E-state index contributed by atoms with van der Waals surface area (Å²) >= 11 is 0. The average Bonchev–Trinajstić information content (AvgIpc) is 3.32. The Morgan fingerprint density at radius 2 is 0.281 bits per heavy atom. The maximum atomic E-state index is 10.0. The molecule has 402 valence electrons. The molecule has 0 amide bonds. The lowest BCUT2D eigenvalue weighted by Gasteiger charge is -1.95. The molecule has 0 bridgehead atoms. The van der Waals surface area contributed by atoms with Gasteiger partial charge in [0.15, 0.2) is 0 Å². The van der Waals surface area contributed by atoms with Crippen molar-refractivity contribution >= 4 is 5.97 Å². The largest absolute Gasteiger partial charge is 0.481 e. The number of carboxylic acids is 1. The molecule has 0 radical (unpaired) electrons. The van der Waals surface area contributed by atoms with Crippen molar-refractivity contribution in [1.82, 2.24) is 0 Å². The van der Waals surface area contributed by atoms with Crippen LogP contribution in [-0.2, 0) is 4.79 Å². The first-order valence-corrected chi connectivity index (χ1v) is 30.2. The number of rotatable bonds is 33. The summed E-state index contributed by atoms with van der Waals surface area (Å²) in [6.07, 6.45) is 55.7. The highest BCUT2D eigenvalue weighted by Gasteiger charge is 1.94. The molecule has 0 spiro atoms. The third kappa shape index (κ3) is 201. The molecule has 0 saturated heterocycles. The van der Waals surface area contributed by atoms with Gasteiger partial charge in [-0.2, -0.15) is 0 Å². The molecule has 0 aliphatic rings. The molecule has 0 heterocycles. The molecule has 0 fully saturated rings. The van der Waals surface area contributed by atoms with Gasteiger partial charge in [-0.3, -0.25) is 4.79 Å². The first kappa shape index (κ1) is 86.6. The second-order valence-corrected chi connectivity index (χ2v) is 17.9. The minimum absolute atomic E-state index is 0.337. The van der Waals surface area contributed by atoms with Crippen LogP contribution in [0, 0.1) is 0 Å². The summed E-state index contributed by atoms with van der Waals surface area (Å²) in [6.45, 7) is 42.3. The summed E-state index contributed by atoms with van der Waals surface area (Å²) in [7, 11) is 0. The van der Waals surface area contributed by atoms with Crippen LogP contribution < -0.4 is 0 Å². The second-order valence-electron chi connectivity index (χ2n) is 17.9. The van der Waals surface area contributed by atoms with E-state index in [2.05, 4.69) is 132 Å². The highest BCUT2D eigenvalue weighted by molar-refractivity contribution is 5.66. The fourth-order valence-corrected chi connectivity index (χ4v) is 5.38. The van der Waals surface area contributed by atoms with Crippen molar-refractivity contribution in [1.29, 1.82) is 0 Å². The van der Waals surface area contributed by atoms with Crippen LogP contribution >= 0.6 is 0 Å². The van der Waals surface area contributed by atoms with Crippen LogP contribution in [-0.4, -0.2) is 11.1 Å². The molecule has 0 saturated carbocycles. The third-order valence-corrected chi connectivity index (χ3v) is 10.1. The molecule has 0 rings (SSSR count). The van der Waals surface area contributed by atoms with Crippen molar-refractivity contribution in [2.45, 2.75) is 401 Å². The molecule has 2 nitrogen and oxygen atoms in total. The Morgan fingerprint density at radius 3 is 0.375 bits per heavy atom. The Kier molecular flexibility index (Phi) is 162. The average molecular weight is 920 g/mol. The Hall–Kier alpha value is -0.530. The molecule has 2 heteroatoms. The molecule has 0 aromatic carbocycles. The van der Waals surface area contributed by atoms with Crippen LogP contribution in [0.15, 0.2) is 0 Å². The molecule has 0 aliphatic heterocycles. The fraction of sp³-hybridized carbons (Fsp3) is 0.984. The summed E-state index contributed by atoms with van der Waals surface area (Å²) in [6, 6.07) is 0. The van der Waals surface area contributed by atoms with E-state index in [-0.39, 0.29) is 0 Å². The predicted molar refractivity (Wildman–Crippen MR) is 309 cm³/mol. The molecular weight excluding hydrogens is 777 g/mol. The Balaban J connectivity index is -0.0000000636. The molecular formula is C62H142O2. The number of hydrogen-bond donors (Lipinski definition) is 1. The van der Waals surface area contributed by atoms with Crippen LogP contribution in [0.1, 0.15) is 401 Å². The SMILES string of the molecule is CCCCCC.CCCCCC.CCCCCC.CCCCCC.CCCCCC.CCCCCC.CCCCCC.CCCCCC.CCCCCC.CCCCCCCC(=O)O. The number of carboxylic acid groups (broad SMARTS) is 1. The summed E-state index contributed by atoms with van der Waals surface area (Å²) in [5.74, 6) is -0.670. The molecule has 0 aromatic rings. The van der Waals surface area contributed by atoms with Gasteiger partial charge in [-0.05, 0) is 6.42 Å². The minimum Gasteiger partial charge on any atom is -0.481 e. The van der Waals surface area contributed by atoms with Gasteiger partial charge in [0.05, 0.1) is 0 Å². The van der Waals surface area contributed by atoms with Gasteiger partial charge in [0, 0.05) is 6.42 Å². The van der Waals surface area contributed by atoms with Gasteiger partial charge in [0.2, 0.25) is 0 Å². The van der Waals surface area contributed by atoms with E-state index in [1.54, 1.807) is 0 Å². The van der Waals surface area contributed by atoms with E-state index in [0.29, 0.717) is 6.42 Å². The van der Waals surface area contributed by atoms with Gasteiger partial charge >= 0.3 is 5.97 Å². The zero-order valence-electron chi connectivity index (χ0n) is 50.1. The van der Waals surface area contributed by atoms with Crippen molar-refractivity contribution in [3.63, 3.8) is 0 Å². The zero-order chi connectivity index (χ0) is 51.3. The number of unbranched alkanes of at least 4 members (excludes halogenated alkanes) is 31. The molecule has 0 unspecified atom stereocenters. The van der Waals surface area contributed by atoms with E-state index in [9.17, 15) is 4.79 Å². The van der Waals surface area contributed by atoms with Gasteiger partial charge < -0.3 is 5.11 Å². The Labute approximate surface area is 415 Å². The lowest BCUT2D eigenvalue weighted by molar-refractivity contribution is -0.137. The quantitative estimate of drug-likeness (QED) is 0.0666. The van der Waals surface area contributed by atoms with Crippen molar-refractivity contribution in [3.8, 4) is 0 Å². The van der Waals surface area contributed by atoms with E-state index in [1.165, 1.54) is 250 Å². The maximum Gasteiger partial charge on any atom is 0.303 e.